The molecule has 0 unspecified atom stereocenters. The molecule has 1 heterocycles. The standard InChI is InChI=1S/C23H20N2O3/c1-26-21-13-12-16(14-23(21)27-2)22-15-19(18-10-6-7-11-20(18)28-22)25-24-17-8-4-3-5-9-17/h3-15,24H,1-2H3/b25-19-. The van der Waals surface area contributed by atoms with Crippen LogP contribution < -0.4 is 20.3 Å². The highest BCUT2D eigenvalue weighted by Crippen LogP contribution is 2.32. The number of ether oxygens (including phenoxy) is 2. The quantitative estimate of drug-likeness (QED) is 0.498. The molecule has 140 valence electrons. The van der Waals surface area contributed by atoms with Crippen LogP contribution in [-0.4, -0.2) is 14.2 Å². The lowest BCUT2D eigenvalue weighted by atomic mass is 10.1. The molecule has 0 saturated heterocycles. The van der Waals surface area contributed by atoms with Crippen LogP contribution in [0.3, 0.4) is 0 Å². The maximum Gasteiger partial charge on any atom is 0.161 e. The second kappa shape index (κ2) is 7.88. The molecule has 0 saturated carbocycles. The minimum atomic E-state index is 0.643. The summed E-state index contributed by atoms with van der Waals surface area (Å²) in [6.07, 6.45) is 0. The summed E-state index contributed by atoms with van der Waals surface area (Å²) in [5.74, 6) is 2.00. The summed E-state index contributed by atoms with van der Waals surface area (Å²) in [5.41, 5.74) is 5.66. The number of para-hydroxylation sites is 2. The van der Waals surface area contributed by atoms with Gasteiger partial charge < -0.3 is 13.9 Å². The SMILES string of the molecule is COc1ccc(-c2c/c(=N/Nc3ccccc3)c3ccccc3o2)cc1OC. The van der Waals surface area contributed by atoms with Crippen LogP contribution in [0.4, 0.5) is 5.69 Å². The summed E-state index contributed by atoms with van der Waals surface area (Å²) >= 11 is 0. The van der Waals surface area contributed by atoms with Crippen LogP contribution in [0, 0.1) is 0 Å². The third-order valence-electron chi connectivity index (χ3n) is 4.40. The Morgan fingerprint density at radius 1 is 0.786 bits per heavy atom. The fraction of sp³-hybridized carbons (Fsp3) is 0.0870. The Morgan fingerprint density at radius 2 is 1.54 bits per heavy atom. The first-order valence-electron chi connectivity index (χ1n) is 8.88. The Bertz CT molecular complexity index is 1170. The molecular weight excluding hydrogens is 352 g/mol. The summed E-state index contributed by atoms with van der Waals surface area (Å²) in [4.78, 5) is 0. The average molecular weight is 372 g/mol. The van der Waals surface area contributed by atoms with Gasteiger partial charge in [0.25, 0.3) is 0 Å². The highest BCUT2D eigenvalue weighted by atomic mass is 16.5. The number of anilines is 1. The zero-order chi connectivity index (χ0) is 19.3. The number of methoxy groups -OCH3 is 2. The van der Waals surface area contributed by atoms with Crippen molar-refractivity contribution in [2.75, 3.05) is 19.6 Å². The molecule has 0 spiro atoms. The van der Waals surface area contributed by atoms with Gasteiger partial charge in [-0.1, -0.05) is 30.3 Å². The van der Waals surface area contributed by atoms with Gasteiger partial charge in [-0.15, -0.1) is 0 Å². The van der Waals surface area contributed by atoms with Gasteiger partial charge in [0.05, 0.1) is 25.3 Å². The van der Waals surface area contributed by atoms with Crippen LogP contribution in [0.1, 0.15) is 0 Å². The molecule has 3 aromatic carbocycles. The van der Waals surface area contributed by atoms with Crippen molar-refractivity contribution < 1.29 is 13.9 Å². The molecule has 0 atom stereocenters. The van der Waals surface area contributed by atoms with Gasteiger partial charge in [-0.05, 0) is 42.5 Å². The molecule has 4 rings (SSSR count). The molecule has 0 aliphatic rings. The second-order valence-corrected chi connectivity index (χ2v) is 6.15. The van der Waals surface area contributed by atoms with E-state index < -0.39 is 0 Å². The minimum absolute atomic E-state index is 0.643. The molecule has 4 aromatic rings. The average Bonchev–Trinajstić information content (AvgIpc) is 2.77. The molecule has 1 N–H and O–H groups in total. The summed E-state index contributed by atoms with van der Waals surface area (Å²) < 4.78 is 16.9. The van der Waals surface area contributed by atoms with E-state index >= 15 is 0 Å². The van der Waals surface area contributed by atoms with Crippen LogP contribution in [0.15, 0.2) is 88.4 Å². The van der Waals surface area contributed by atoms with E-state index in [0.717, 1.165) is 27.6 Å². The van der Waals surface area contributed by atoms with Gasteiger partial charge in [0.2, 0.25) is 0 Å². The summed E-state index contributed by atoms with van der Waals surface area (Å²) in [7, 11) is 3.23. The zero-order valence-electron chi connectivity index (χ0n) is 15.7. The Balaban J connectivity index is 1.84. The molecule has 5 heteroatoms. The first-order valence-corrected chi connectivity index (χ1v) is 8.88. The van der Waals surface area contributed by atoms with E-state index in [1.54, 1.807) is 14.2 Å². The third kappa shape index (κ3) is 3.55. The highest BCUT2D eigenvalue weighted by molar-refractivity contribution is 5.78. The largest absolute Gasteiger partial charge is 0.493 e. The molecule has 28 heavy (non-hydrogen) atoms. The van der Waals surface area contributed by atoms with E-state index in [-0.39, 0.29) is 0 Å². The fourth-order valence-corrected chi connectivity index (χ4v) is 2.98. The maximum absolute atomic E-state index is 6.13. The van der Waals surface area contributed by atoms with Crippen molar-refractivity contribution in [2.45, 2.75) is 0 Å². The van der Waals surface area contributed by atoms with E-state index in [9.17, 15) is 0 Å². The Labute approximate surface area is 162 Å². The monoisotopic (exact) mass is 372 g/mol. The number of nitrogens with zero attached hydrogens (tertiary/aromatic N) is 1. The van der Waals surface area contributed by atoms with Gasteiger partial charge in [0.1, 0.15) is 11.3 Å². The van der Waals surface area contributed by atoms with Crippen molar-refractivity contribution >= 4 is 16.7 Å². The molecule has 0 fully saturated rings. The van der Waals surface area contributed by atoms with Crippen molar-refractivity contribution in [3.8, 4) is 22.8 Å². The van der Waals surface area contributed by atoms with Gasteiger partial charge in [-0.25, -0.2) is 0 Å². The fourth-order valence-electron chi connectivity index (χ4n) is 2.98. The van der Waals surface area contributed by atoms with Crippen LogP contribution >= 0.6 is 0 Å². The van der Waals surface area contributed by atoms with Gasteiger partial charge in [-0.3, -0.25) is 5.43 Å². The summed E-state index contributed by atoms with van der Waals surface area (Å²) in [5, 5.41) is 6.31. The Kier molecular flexibility index (Phi) is 4.97. The molecule has 0 aliphatic carbocycles. The summed E-state index contributed by atoms with van der Waals surface area (Å²) in [6.45, 7) is 0. The molecule has 0 aliphatic heterocycles. The Morgan fingerprint density at radius 3 is 2.32 bits per heavy atom. The normalized spacial score (nSPS) is 11.4. The van der Waals surface area contributed by atoms with E-state index in [2.05, 4.69) is 10.5 Å². The smallest absolute Gasteiger partial charge is 0.161 e. The van der Waals surface area contributed by atoms with Crippen LogP contribution in [0.2, 0.25) is 0 Å². The van der Waals surface area contributed by atoms with Crippen LogP contribution in [0.25, 0.3) is 22.3 Å². The van der Waals surface area contributed by atoms with Crippen molar-refractivity contribution in [1.82, 2.24) is 0 Å². The van der Waals surface area contributed by atoms with Gasteiger partial charge >= 0.3 is 0 Å². The van der Waals surface area contributed by atoms with E-state index in [1.807, 2.05) is 78.9 Å². The van der Waals surface area contributed by atoms with E-state index in [0.29, 0.717) is 17.3 Å². The van der Waals surface area contributed by atoms with Gasteiger partial charge in [0.15, 0.2) is 11.5 Å². The van der Waals surface area contributed by atoms with Crippen molar-refractivity contribution in [1.29, 1.82) is 0 Å². The molecule has 0 amide bonds. The van der Waals surface area contributed by atoms with Crippen molar-refractivity contribution in [2.24, 2.45) is 5.10 Å². The number of benzene rings is 3. The van der Waals surface area contributed by atoms with Crippen LogP contribution in [-0.2, 0) is 0 Å². The van der Waals surface area contributed by atoms with E-state index in [4.69, 9.17) is 13.9 Å². The molecule has 0 bridgehead atoms. The number of nitrogens with one attached hydrogen (secondary N) is 1. The first-order chi connectivity index (χ1) is 13.8. The molecular formula is C23H20N2O3. The Hall–Kier alpha value is -3.73. The minimum Gasteiger partial charge on any atom is -0.493 e. The number of hydrogen-bond acceptors (Lipinski definition) is 5. The second-order valence-electron chi connectivity index (χ2n) is 6.15. The van der Waals surface area contributed by atoms with Crippen molar-refractivity contribution in [3.63, 3.8) is 0 Å². The molecule has 1 aromatic heterocycles. The topological polar surface area (TPSA) is 56.0 Å². The molecule has 0 radical (unpaired) electrons. The van der Waals surface area contributed by atoms with Crippen molar-refractivity contribution in [3.05, 3.63) is 84.2 Å². The van der Waals surface area contributed by atoms with Gasteiger partial charge in [-0.2, -0.15) is 5.10 Å². The highest BCUT2D eigenvalue weighted by Gasteiger charge is 2.10. The molecule has 5 nitrogen and oxygen atoms in total. The maximum atomic E-state index is 6.13. The third-order valence-corrected chi connectivity index (χ3v) is 4.40. The number of fused-ring (bicyclic) bond motifs is 1. The first kappa shape index (κ1) is 17.7. The van der Waals surface area contributed by atoms with E-state index in [1.165, 1.54) is 0 Å². The van der Waals surface area contributed by atoms with Gasteiger partial charge in [0, 0.05) is 17.0 Å². The lowest BCUT2D eigenvalue weighted by Gasteiger charge is -2.10. The number of hydrogen-bond donors (Lipinski definition) is 1. The number of rotatable bonds is 5. The lowest BCUT2D eigenvalue weighted by molar-refractivity contribution is 0.355. The predicted octanol–water partition coefficient (Wildman–Crippen LogP) is 5.04. The predicted molar refractivity (Wildman–Crippen MR) is 110 cm³/mol. The van der Waals surface area contributed by atoms with Crippen LogP contribution in [0.5, 0.6) is 11.5 Å². The lowest BCUT2D eigenvalue weighted by Crippen LogP contribution is -2.07. The zero-order valence-corrected chi connectivity index (χ0v) is 15.7. The summed E-state index contributed by atoms with van der Waals surface area (Å²) in [6, 6.07) is 25.3.